The molecule has 0 unspecified atom stereocenters. The molecule has 1 heteroatoms. The Balaban J connectivity index is 1.15. The van der Waals surface area contributed by atoms with E-state index in [9.17, 15) is 0 Å². The number of hydrogen-bond acceptors (Lipinski definition) is 1. The van der Waals surface area contributed by atoms with Crippen molar-refractivity contribution in [1.82, 2.24) is 0 Å². The highest BCUT2D eigenvalue weighted by molar-refractivity contribution is 6.04. The lowest BCUT2D eigenvalue weighted by atomic mass is 9.70. The number of nitrogens with zero attached hydrogens (tertiary/aromatic N) is 1. The Bertz CT molecular complexity index is 3020. The van der Waals surface area contributed by atoms with Gasteiger partial charge < -0.3 is 4.90 Å². The molecule has 59 heavy (non-hydrogen) atoms. The molecule has 0 aliphatic heterocycles. The highest BCUT2D eigenvalue weighted by atomic mass is 15.1. The van der Waals surface area contributed by atoms with E-state index in [0.29, 0.717) is 0 Å². The number of anilines is 3. The van der Waals surface area contributed by atoms with Gasteiger partial charge in [-0.2, -0.15) is 0 Å². The van der Waals surface area contributed by atoms with Gasteiger partial charge in [0.25, 0.3) is 0 Å². The first-order valence-corrected chi connectivity index (χ1v) is 21.1. The normalized spacial score (nSPS) is 15.5. The summed E-state index contributed by atoms with van der Waals surface area (Å²) in [6.45, 7) is 4.85. The van der Waals surface area contributed by atoms with E-state index in [1.54, 1.807) is 0 Å². The van der Waals surface area contributed by atoms with Crippen LogP contribution in [0.4, 0.5) is 17.1 Å². The predicted octanol–water partition coefficient (Wildman–Crippen LogP) is 15.2. The first-order chi connectivity index (χ1) is 29.1. The molecule has 12 rings (SSSR count). The third kappa shape index (κ3) is 4.67. The van der Waals surface area contributed by atoms with Gasteiger partial charge in [-0.25, -0.2) is 0 Å². The lowest BCUT2D eigenvalue weighted by Crippen LogP contribution is -2.26. The summed E-state index contributed by atoms with van der Waals surface area (Å²) >= 11 is 0. The lowest BCUT2D eigenvalue weighted by Gasteiger charge is -2.32. The van der Waals surface area contributed by atoms with Crippen LogP contribution in [-0.4, -0.2) is 0 Å². The number of hydrogen-bond donors (Lipinski definition) is 0. The van der Waals surface area contributed by atoms with Gasteiger partial charge in [-0.3, -0.25) is 0 Å². The van der Waals surface area contributed by atoms with Crippen LogP contribution in [0.2, 0.25) is 0 Å². The number of rotatable bonds is 5. The number of benzene rings is 8. The third-order valence-electron chi connectivity index (χ3n) is 13.7. The molecule has 1 nitrogen and oxygen atoms in total. The van der Waals surface area contributed by atoms with E-state index in [-0.39, 0.29) is 5.41 Å². The van der Waals surface area contributed by atoms with Crippen molar-refractivity contribution in [2.24, 2.45) is 0 Å². The van der Waals surface area contributed by atoms with E-state index >= 15 is 0 Å². The van der Waals surface area contributed by atoms with Gasteiger partial charge in [-0.1, -0.05) is 190 Å². The molecule has 4 aliphatic rings. The van der Waals surface area contributed by atoms with Crippen molar-refractivity contribution in [3.63, 3.8) is 0 Å². The Morgan fingerprint density at radius 1 is 0.407 bits per heavy atom. The minimum absolute atomic E-state index is 0.196. The molecule has 4 aliphatic carbocycles. The van der Waals surface area contributed by atoms with Gasteiger partial charge >= 0.3 is 0 Å². The van der Waals surface area contributed by atoms with Crippen LogP contribution in [0.25, 0.3) is 50.1 Å². The van der Waals surface area contributed by atoms with E-state index in [2.05, 4.69) is 219 Å². The Labute approximate surface area is 347 Å². The molecule has 1 spiro atoms. The summed E-state index contributed by atoms with van der Waals surface area (Å²) in [4.78, 5) is 2.58. The van der Waals surface area contributed by atoms with Crippen LogP contribution in [0.15, 0.2) is 200 Å². The van der Waals surface area contributed by atoms with Crippen molar-refractivity contribution in [3.05, 3.63) is 239 Å². The van der Waals surface area contributed by atoms with Crippen molar-refractivity contribution in [1.29, 1.82) is 0 Å². The van der Waals surface area contributed by atoms with Gasteiger partial charge in [0, 0.05) is 22.2 Å². The predicted molar refractivity (Wildman–Crippen MR) is 247 cm³/mol. The standard InChI is InChI=1S/C58H43N/c1-57(2)50-30-16-32-53(55(50)46-26-15-25-42(56(46)57)40-20-7-4-8-21-40)59(41-36-34-39(35-37-41)38-18-5-3-6-19-38)52-33-17-31-51-54(52)45-24-11-14-29-49(45)58(51)47-27-12-9-22-43(47)44-23-10-13-28-48(44)58/h3,5-7,9-37H,4,8H2,1-2H3. The molecule has 0 saturated heterocycles. The number of allylic oxidation sites excluding steroid dienone is 4. The van der Waals surface area contributed by atoms with Crippen LogP contribution in [-0.2, 0) is 10.8 Å². The van der Waals surface area contributed by atoms with Crippen molar-refractivity contribution in [2.75, 3.05) is 4.90 Å². The van der Waals surface area contributed by atoms with Gasteiger partial charge in [0.1, 0.15) is 0 Å². The molecule has 8 aromatic carbocycles. The minimum atomic E-state index is -0.429. The lowest BCUT2D eigenvalue weighted by molar-refractivity contribution is 0.658. The molecular formula is C58H43N. The average molecular weight is 754 g/mol. The summed E-state index contributed by atoms with van der Waals surface area (Å²) in [5, 5.41) is 0. The molecule has 0 radical (unpaired) electrons. The molecule has 0 N–H and O–H groups in total. The zero-order chi connectivity index (χ0) is 39.3. The first kappa shape index (κ1) is 34.1. The first-order valence-electron chi connectivity index (χ1n) is 21.1. The monoisotopic (exact) mass is 753 g/mol. The largest absolute Gasteiger partial charge is 0.309 e. The second kappa shape index (κ2) is 12.8. The molecule has 0 aromatic heterocycles. The molecule has 8 aromatic rings. The summed E-state index contributed by atoms with van der Waals surface area (Å²) in [7, 11) is 0. The van der Waals surface area contributed by atoms with Crippen LogP contribution >= 0.6 is 0 Å². The molecule has 0 saturated carbocycles. The summed E-state index contributed by atoms with van der Waals surface area (Å²) in [6.07, 6.45) is 9.28. The smallest absolute Gasteiger partial charge is 0.0726 e. The van der Waals surface area contributed by atoms with E-state index in [1.807, 2.05) is 0 Å². The van der Waals surface area contributed by atoms with Gasteiger partial charge in [-0.05, 0) is 115 Å². The Morgan fingerprint density at radius 3 is 1.58 bits per heavy atom. The van der Waals surface area contributed by atoms with Crippen molar-refractivity contribution < 1.29 is 0 Å². The summed E-state index contributed by atoms with van der Waals surface area (Å²) < 4.78 is 0. The third-order valence-corrected chi connectivity index (χ3v) is 13.7. The van der Waals surface area contributed by atoms with E-state index in [0.717, 1.165) is 18.5 Å². The maximum Gasteiger partial charge on any atom is 0.0726 e. The molecule has 0 fully saturated rings. The topological polar surface area (TPSA) is 3.24 Å². The van der Waals surface area contributed by atoms with E-state index < -0.39 is 5.41 Å². The van der Waals surface area contributed by atoms with Crippen LogP contribution in [0, 0.1) is 0 Å². The Hall–Kier alpha value is -6.96. The Kier molecular flexibility index (Phi) is 7.38. The summed E-state index contributed by atoms with van der Waals surface area (Å²) in [5.41, 5.74) is 24.1. The molecule has 0 bridgehead atoms. The van der Waals surface area contributed by atoms with Gasteiger partial charge in [0.05, 0.1) is 16.8 Å². The fourth-order valence-corrected chi connectivity index (χ4v) is 11.3. The summed E-state index contributed by atoms with van der Waals surface area (Å²) in [6, 6.07) is 68.4. The van der Waals surface area contributed by atoms with E-state index in [1.165, 1.54) is 100 Å². The fraction of sp³-hybridized carbons (Fsp3) is 0.103. The van der Waals surface area contributed by atoms with Crippen LogP contribution in [0.5, 0.6) is 0 Å². The van der Waals surface area contributed by atoms with E-state index in [4.69, 9.17) is 0 Å². The molecule has 0 heterocycles. The van der Waals surface area contributed by atoms with Crippen molar-refractivity contribution in [2.45, 2.75) is 37.5 Å². The molecular weight excluding hydrogens is 711 g/mol. The highest BCUT2D eigenvalue weighted by Gasteiger charge is 2.52. The molecule has 0 amide bonds. The zero-order valence-electron chi connectivity index (χ0n) is 33.4. The summed E-state index contributed by atoms with van der Waals surface area (Å²) in [5.74, 6) is 0. The van der Waals surface area contributed by atoms with Crippen LogP contribution in [0.3, 0.4) is 0 Å². The van der Waals surface area contributed by atoms with Crippen LogP contribution < -0.4 is 4.90 Å². The second-order valence-corrected chi connectivity index (χ2v) is 17.0. The van der Waals surface area contributed by atoms with Gasteiger partial charge in [-0.15, -0.1) is 0 Å². The number of fused-ring (bicyclic) bond motifs is 13. The fourth-order valence-electron chi connectivity index (χ4n) is 11.3. The quantitative estimate of drug-likeness (QED) is 0.169. The molecule has 0 atom stereocenters. The average Bonchev–Trinajstić information content (AvgIpc) is 3.87. The second-order valence-electron chi connectivity index (χ2n) is 17.0. The minimum Gasteiger partial charge on any atom is -0.309 e. The Morgan fingerprint density at radius 2 is 0.915 bits per heavy atom. The maximum atomic E-state index is 2.58. The van der Waals surface area contributed by atoms with Gasteiger partial charge in [0.15, 0.2) is 0 Å². The van der Waals surface area contributed by atoms with Crippen LogP contribution in [0.1, 0.15) is 65.6 Å². The zero-order valence-corrected chi connectivity index (χ0v) is 33.4. The van der Waals surface area contributed by atoms with Crippen molar-refractivity contribution in [3.8, 4) is 44.5 Å². The maximum absolute atomic E-state index is 2.58. The highest BCUT2D eigenvalue weighted by Crippen LogP contribution is 2.65. The SMILES string of the molecule is CC1(C)c2cccc(N(c3ccc(-c4ccccc4)cc3)c3cccc4c3-c3ccccc3C43c4ccccc4-c4ccccc43)c2-c2cccc(C3=CCCC=C3)c21. The molecule has 280 valence electrons. The van der Waals surface area contributed by atoms with Gasteiger partial charge in [0.2, 0.25) is 0 Å². The van der Waals surface area contributed by atoms with Crippen molar-refractivity contribution >= 4 is 22.6 Å².